The Labute approximate surface area is 113 Å². The van der Waals surface area contributed by atoms with Crippen molar-refractivity contribution in [3.05, 3.63) is 30.6 Å². The summed E-state index contributed by atoms with van der Waals surface area (Å²) < 4.78 is 1.89. The number of aromatic nitrogens is 3. The molecule has 1 heterocycles. The van der Waals surface area contributed by atoms with Crippen molar-refractivity contribution in [3.63, 3.8) is 0 Å². The van der Waals surface area contributed by atoms with Gasteiger partial charge in [0.25, 0.3) is 0 Å². The Morgan fingerprint density at radius 3 is 2.79 bits per heavy atom. The van der Waals surface area contributed by atoms with Crippen molar-refractivity contribution in [1.82, 2.24) is 14.8 Å². The Hall–Kier alpha value is -1.88. The molecule has 0 atom stereocenters. The number of rotatable bonds is 5. The number of nitrogens with one attached hydrogen (secondary N) is 1. The lowest BCUT2D eigenvalue weighted by atomic mass is 9.95. The topological polar surface area (TPSA) is 63.0 Å². The van der Waals surface area contributed by atoms with Gasteiger partial charge in [-0.1, -0.05) is 26.0 Å². The van der Waals surface area contributed by atoms with E-state index in [1.807, 2.05) is 49.7 Å². The minimum absolute atomic E-state index is 0.138. The fraction of sp³-hybridized carbons (Fsp3) is 0.429. The number of benzene rings is 1. The molecule has 0 aliphatic rings. The van der Waals surface area contributed by atoms with Gasteiger partial charge in [-0.15, -0.1) is 10.2 Å². The highest BCUT2D eigenvalue weighted by Gasteiger charge is 2.16. The summed E-state index contributed by atoms with van der Waals surface area (Å²) in [4.78, 5) is 0. The van der Waals surface area contributed by atoms with E-state index in [0.717, 1.165) is 17.1 Å². The first-order valence-corrected chi connectivity index (χ1v) is 6.31. The van der Waals surface area contributed by atoms with Crippen LogP contribution in [0.4, 0.5) is 5.69 Å². The predicted octanol–water partition coefficient (Wildman–Crippen LogP) is 1.91. The molecule has 0 saturated carbocycles. The lowest BCUT2D eigenvalue weighted by Crippen LogP contribution is -2.26. The average molecular weight is 260 g/mol. The second-order valence-corrected chi connectivity index (χ2v) is 5.52. The number of hydrogen-bond acceptors (Lipinski definition) is 4. The molecule has 5 nitrogen and oxygen atoms in total. The van der Waals surface area contributed by atoms with Crippen molar-refractivity contribution in [2.45, 2.75) is 13.8 Å². The molecule has 102 valence electrons. The van der Waals surface area contributed by atoms with Crippen LogP contribution in [0.5, 0.6) is 0 Å². The van der Waals surface area contributed by atoms with Gasteiger partial charge >= 0.3 is 0 Å². The summed E-state index contributed by atoms with van der Waals surface area (Å²) in [7, 11) is 1.92. The van der Waals surface area contributed by atoms with Crippen molar-refractivity contribution in [2.75, 3.05) is 18.5 Å². The van der Waals surface area contributed by atoms with E-state index < -0.39 is 0 Å². The summed E-state index contributed by atoms with van der Waals surface area (Å²) in [6, 6.07) is 8.04. The Morgan fingerprint density at radius 2 is 2.16 bits per heavy atom. The van der Waals surface area contributed by atoms with Crippen LogP contribution in [0.15, 0.2) is 30.6 Å². The molecule has 0 amide bonds. The number of nitrogens with zero attached hydrogens (tertiary/aromatic N) is 3. The summed E-state index contributed by atoms with van der Waals surface area (Å²) >= 11 is 0. The average Bonchev–Trinajstić information content (AvgIpc) is 2.83. The molecular weight excluding hydrogens is 240 g/mol. The van der Waals surface area contributed by atoms with E-state index in [1.54, 1.807) is 6.33 Å². The number of aliphatic hydroxyl groups is 1. The Morgan fingerprint density at radius 1 is 1.37 bits per heavy atom. The molecule has 1 aromatic heterocycles. The van der Waals surface area contributed by atoms with Gasteiger partial charge in [0.15, 0.2) is 5.82 Å². The maximum Gasteiger partial charge on any atom is 0.163 e. The van der Waals surface area contributed by atoms with Crippen LogP contribution in [-0.2, 0) is 7.05 Å². The molecule has 0 bridgehead atoms. The number of aryl methyl sites for hydroxylation is 1. The normalized spacial score (nSPS) is 11.6. The lowest BCUT2D eigenvalue weighted by molar-refractivity contribution is 0.171. The molecule has 0 radical (unpaired) electrons. The van der Waals surface area contributed by atoms with E-state index in [1.165, 1.54) is 0 Å². The van der Waals surface area contributed by atoms with Crippen LogP contribution in [0, 0.1) is 5.41 Å². The number of anilines is 1. The summed E-state index contributed by atoms with van der Waals surface area (Å²) in [6.07, 6.45) is 1.68. The van der Waals surface area contributed by atoms with Gasteiger partial charge in [0.2, 0.25) is 0 Å². The van der Waals surface area contributed by atoms with Gasteiger partial charge in [0.05, 0.1) is 0 Å². The molecule has 2 aromatic rings. The van der Waals surface area contributed by atoms with Gasteiger partial charge in [-0.3, -0.25) is 0 Å². The highest BCUT2D eigenvalue weighted by molar-refractivity contribution is 5.62. The molecule has 5 heteroatoms. The molecule has 0 unspecified atom stereocenters. The molecule has 0 spiro atoms. The summed E-state index contributed by atoms with van der Waals surface area (Å²) in [5, 5.41) is 20.6. The van der Waals surface area contributed by atoms with Gasteiger partial charge in [-0.2, -0.15) is 0 Å². The third kappa shape index (κ3) is 3.32. The van der Waals surface area contributed by atoms with Crippen LogP contribution in [-0.4, -0.2) is 33.0 Å². The lowest BCUT2D eigenvalue weighted by Gasteiger charge is -2.22. The zero-order valence-electron chi connectivity index (χ0n) is 11.6. The maximum atomic E-state index is 9.25. The van der Waals surface area contributed by atoms with E-state index in [9.17, 15) is 5.11 Å². The molecule has 19 heavy (non-hydrogen) atoms. The zero-order valence-corrected chi connectivity index (χ0v) is 11.6. The summed E-state index contributed by atoms with van der Waals surface area (Å²) in [6.45, 7) is 4.91. The van der Waals surface area contributed by atoms with Crippen molar-refractivity contribution in [3.8, 4) is 11.4 Å². The molecular formula is C14H20N4O. The van der Waals surface area contributed by atoms with Crippen LogP contribution in [0.3, 0.4) is 0 Å². The van der Waals surface area contributed by atoms with Crippen LogP contribution in [0.2, 0.25) is 0 Å². The predicted molar refractivity (Wildman–Crippen MR) is 75.8 cm³/mol. The molecule has 0 fully saturated rings. The van der Waals surface area contributed by atoms with Crippen LogP contribution >= 0.6 is 0 Å². The van der Waals surface area contributed by atoms with Crippen LogP contribution in [0.25, 0.3) is 11.4 Å². The molecule has 0 saturated heterocycles. The first kappa shape index (κ1) is 13.5. The molecule has 0 aliphatic heterocycles. The van der Waals surface area contributed by atoms with E-state index in [2.05, 4.69) is 15.5 Å². The fourth-order valence-corrected chi connectivity index (χ4v) is 1.71. The van der Waals surface area contributed by atoms with Gasteiger partial charge < -0.3 is 15.0 Å². The maximum absolute atomic E-state index is 9.25. The van der Waals surface area contributed by atoms with E-state index in [0.29, 0.717) is 6.54 Å². The Balaban J connectivity index is 2.14. The van der Waals surface area contributed by atoms with E-state index in [4.69, 9.17) is 0 Å². The van der Waals surface area contributed by atoms with Crippen molar-refractivity contribution in [2.24, 2.45) is 12.5 Å². The molecule has 1 aromatic carbocycles. The van der Waals surface area contributed by atoms with Crippen molar-refractivity contribution < 1.29 is 5.11 Å². The smallest absolute Gasteiger partial charge is 0.163 e. The standard InChI is InChI=1S/C14H20N4O/c1-14(2,9-19)8-15-12-6-4-5-11(7-12)13-17-16-10-18(13)3/h4-7,10,15,19H,8-9H2,1-3H3. The minimum Gasteiger partial charge on any atom is -0.396 e. The number of hydrogen-bond donors (Lipinski definition) is 2. The first-order chi connectivity index (χ1) is 9.02. The second-order valence-electron chi connectivity index (χ2n) is 5.52. The van der Waals surface area contributed by atoms with E-state index >= 15 is 0 Å². The highest BCUT2D eigenvalue weighted by Crippen LogP contribution is 2.21. The van der Waals surface area contributed by atoms with Crippen LogP contribution < -0.4 is 5.32 Å². The summed E-state index contributed by atoms with van der Waals surface area (Å²) in [5.74, 6) is 0.838. The van der Waals surface area contributed by atoms with Gasteiger partial charge in [-0.25, -0.2) is 0 Å². The minimum atomic E-state index is -0.138. The van der Waals surface area contributed by atoms with E-state index in [-0.39, 0.29) is 12.0 Å². The quantitative estimate of drug-likeness (QED) is 0.862. The first-order valence-electron chi connectivity index (χ1n) is 6.31. The fourth-order valence-electron chi connectivity index (χ4n) is 1.71. The second kappa shape index (κ2) is 5.40. The summed E-state index contributed by atoms with van der Waals surface area (Å²) in [5.41, 5.74) is 1.90. The zero-order chi connectivity index (χ0) is 13.9. The molecule has 0 aliphatic carbocycles. The van der Waals surface area contributed by atoms with Gasteiger partial charge in [-0.05, 0) is 12.1 Å². The Bertz CT molecular complexity index is 548. The third-order valence-electron chi connectivity index (χ3n) is 3.03. The number of aliphatic hydroxyl groups excluding tert-OH is 1. The van der Waals surface area contributed by atoms with Crippen molar-refractivity contribution >= 4 is 5.69 Å². The third-order valence-corrected chi connectivity index (χ3v) is 3.03. The Kier molecular flexibility index (Phi) is 3.85. The van der Waals surface area contributed by atoms with Gasteiger partial charge in [0.1, 0.15) is 6.33 Å². The van der Waals surface area contributed by atoms with Gasteiger partial charge in [0, 0.05) is 36.9 Å². The van der Waals surface area contributed by atoms with Crippen LogP contribution in [0.1, 0.15) is 13.8 Å². The molecule has 2 rings (SSSR count). The highest BCUT2D eigenvalue weighted by atomic mass is 16.3. The molecule has 2 N–H and O–H groups in total. The SMILES string of the molecule is Cn1cnnc1-c1cccc(NCC(C)(C)CO)c1. The largest absolute Gasteiger partial charge is 0.396 e. The van der Waals surface area contributed by atoms with Crippen molar-refractivity contribution in [1.29, 1.82) is 0 Å². The monoisotopic (exact) mass is 260 g/mol.